The van der Waals surface area contributed by atoms with Crippen LogP contribution < -0.4 is 4.74 Å². The van der Waals surface area contributed by atoms with Crippen LogP contribution >= 0.6 is 0 Å². The van der Waals surface area contributed by atoms with Gasteiger partial charge in [0.15, 0.2) is 0 Å². The first-order chi connectivity index (χ1) is 13.5. The lowest BCUT2D eigenvalue weighted by atomic mass is 9.78. The molecule has 0 amide bonds. The van der Waals surface area contributed by atoms with Crippen LogP contribution in [-0.4, -0.2) is 0 Å². The van der Waals surface area contributed by atoms with Gasteiger partial charge in [0.05, 0.1) is 5.41 Å². The minimum Gasteiger partial charge on any atom is -0.457 e. The van der Waals surface area contributed by atoms with E-state index in [0.717, 1.165) is 30.4 Å². The molecule has 0 aliphatic carbocycles. The maximum absolute atomic E-state index is 13.2. The van der Waals surface area contributed by atoms with E-state index in [0.29, 0.717) is 11.5 Å². The molecule has 3 heteroatoms. The smallest absolute Gasteiger partial charge is 0.127 e. The molecule has 0 aromatic heterocycles. The summed E-state index contributed by atoms with van der Waals surface area (Å²) in [6.07, 6.45) is 8.31. The number of ether oxygens (including phenoxy) is 1. The van der Waals surface area contributed by atoms with Crippen LogP contribution in [0.1, 0.15) is 30.9 Å². The summed E-state index contributed by atoms with van der Waals surface area (Å²) in [6.45, 7) is 2.01. The van der Waals surface area contributed by atoms with E-state index in [1.54, 1.807) is 24.3 Å². The molecular formula is C25H22F2O. The Bertz CT molecular complexity index is 955. The first-order valence-electron chi connectivity index (χ1n) is 9.25. The maximum Gasteiger partial charge on any atom is 0.127 e. The minimum atomic E-state index is -0.435. The van der Waals surface area contributed by atoms with E-state index in [-0.39, 0.29) is 11.6 Å². The molecule has 3 aromatic rings. The highest BCUT2D eigenvalue weighted by atomic mass is 19.1. The summed E-state index contributed by atoms with van der Waals surface area (Å²) in [7, 11) is 0. The van der Waals surface area contributed by atoms with Crippen molar-refractivity contribution in [2.45, 2.75) is 31.6 Å². The quantitative estimate of drug-likeness (QED) is 0.418. The molecule has 0 aliphatic rings. The van der Waals surface area contributed by atoms with Gasteiger partial charge in [0, 0.05) is 0 Å². The highest BCUT2D eigenvalue weighted by molar-refractivity contribution is 5.35. The predicted molar refractivity (Wildman–Crippen MR) is 108 cm³/mol. The molecule has 3 rings (SSSR count). The Morgan fingerprint density at radius 1 is 0.893 bits per heavy atom. The second kappa shape index (κ2) is 8.71. The normalized spacial score (nSPS) is 12.8. The lowest BCUT2D eigenvalue weighted by Crippen LogP contribution is -2.19. The van der Waals surface area contributed by atoms with Gasteiger partial charge in [-0.25, -0.2) is 8.78 Å². The highest BCUT2D eigenvalue weighted by Gasteiger charge is 2.23. The molecule has 1 atom stereocenters. The fraction of sp³-hybridized carbons (Fsp3) is 0.200. The second-order valence-electron chi connectivity index (χ2n) is 7.04. The summed E-state index contributed by atoms with van der Waals surface area (Å²) in [5, 5.41) is 0. The molecule has 0 saturated heterocycles. The van der Waals surface area contributed by atoms with Crippen molar-refractivity contribution in [3.8, 4) is 23.8 Å². The fourth-order valence-corrected chi connectivity index (χ4v) is 3.17. The highest BCUT2D eigenvalue weighted by Crippen LogP contribution is 2.30. The van der Waals surface area contributed by atoms with Crippen LogP contribution in [0.3, 0.4) is 0 Å². The third kappa shape index (κ3) is 4.98. The molecule has 0 saturated carbocycles. The van der Waals surface area contributed by atoms with E-state index in [9.17, 15) is 8.78 Å². The van der Waals surface area contributed by atoms with Crippen molar-refractivity contribution in [2.75, 3.05) is 0 Å². The second-order valence-corrected chi connectivity index (χ2v) is 7.04. The van der Waals surface area contributed by atoms with Gasteiger partial charge in [-0.15, -0.1) is 6.42 Å². The Kier molecular flexibility index (Phi) is 6.11. The monoisotopic (exact) mass is 376 g/mol. The summed E-state index contributed by atoms with van der Waals surface area (Å²) in [5.74, 6) is 3.62. The number of rotatable bonds is 7. The average molecular weight is 376 g/mol. The lowest BCUT2D eigenvalue weighted by Gasteiger charge is -2.24. The standard InChI is InChI=1S/C25H22F2O/c1-3-25(2,20-9-11-21(26)12-10-20)17-5-7-19-6-4-8-24(18-19)28-23-15-13-22(27)14-16-23/h1,4,6,8-16,18H,5,7,17H2,2H3. The predicted octanol–water partition coefficient (Wildman–Crippen LogP) is 6.67. The maximum atomic E-state index is 13.2. The molecule has 0 radical (unpaired) electrons. The molecule has 0 bridgehead atoms. The van der Waals surface area contributed by atoms with Gasteiger partial charge in [0.25, 0.3) is 0 Å². The number of halogens is 2. The van der Waals surface area contributed by atoms with Gasteiger partial charge in [-0.2, -0.15) is 0 Å². The van der Waals surface area contributed by atoms with Crippen LogP contribution in [0.15, 0.2) is 72.8 Å². The molecule has 3 aromatic carbocycles. The summed E-state index contributed by atoms with van der Waals surface area (Å²) in [5.41, 5.74) is 1.65. The molecule has 0 N–H and O–H groups in total. The van der Waals surface area contributed by atoms with E-state index in [1.165, 1.54) is 24.3 Å². The first-order valence-corrected chi connectivity index (χ1v) is 9.25. The van der Waals surface area contributed by atoms with Crippen molar-refractivity contribution in [3.05, 3.63) is 95.6 Å². The number of terminal acetylenes is 1. The van der Waals surface area contributed by atoms with Gasteiger partial charge >= 0.3 is 0 Å². The van der Waals surface area contributed by atoms with Crippen LogP contribution in [0.2, 0.25) is 0 Å². The Morgan fingerprint density at radius 3 is 2.18 bits per heavy atom. The van der Waals surface area contributed by atoms with Crippen LogP contribution in [-0.2, 0) is 11.8 Å². The van der Waals surface area contributed by atoms with E-state index in [4.69, 9.17) is 11.2 Å². The van der Waals surface area contributed by atoms with Gasteiger partial charge in [0.2, 0.25) is 0 Å². The fourth-order valence-electron chi connectivity index (χ4n) is 3.17. The zero-order valence-electron chi connectivity index (χ0n) is 15.8. The summed E-state index contributed by atoms with van der Waals surface area (Å²) < 4.78 is 32.0. The minimum absolute atomic E-state index is 0.263. The Balaban J connectivity index is 1.62. The van der Waals surface area contributed by atoms with Gasteiger partial charge < -0.3 is 4.74 Å². The van der Waals surface area contributed by atoms with Gasteiger partial charge in [-0.1, -0.05) is 30.2 Å². The SMILES string of the molecule is C#CC(C)(CCCc1cccc(Oc2ccc(F)cc2)c1)c1ccc(F)cc1. The van der Waals surface area contributed by atoms with Crippen molar-refractivity contribution >= 4 is 0 Å². The van der Waals surface area contributed by atoms with E-state index >= 15 is 0 Å². The van der Waals surface area contributed by atoms with E-state index in [1.807, 2.05) is 31.2 Å². The van der Waals surface area contributed by atoms with Crippen molar-refractivity contribution in [1.29, 1.82) is 0 Å². The van der Waals surface area contributed by atoms with Gasteiger partial charge in [-0.3, -0.25) is 0 Å². The van der Waals surface area contributed by atoms with E-state index in [2.05, 4.69) is 5.92 Å². The molecule has 28 heavy (non-hydrogen) atoms. The average Bonchev–Trinajstić information content (AvgIpc) is 2.70. The van der Waals surface area contributed by atoms with Crippen LogP contribution in [0.5, 0.6) is 11.5 Å². The van der Waals surface area contributed by atoms with Crippen molar-refractivity contribution in [2.24, 2.45) is 0 Å². The van der Waals surface area contributed by atoms with Gasteiger partial charge in [-0.05, 0) is 85.8 Å². The summed E-state index contributed by atoms with van der Waals surface area (Å²) in [6, 6.07) is 20.2. The number of hydrogen-bond acceptors (Lipinski definition) is 1. The number of hydrogen-bond donors (Lipinski definition) is 0. The molecule has 1 nitrogen and oxygen atoms in total. The lowest BCUT2D eigenvalue weighted by molar-refractivity contribution is 0.479. The summed E-state index contributed by atoms with van der Waals surface area (Å²) >= 11 is 0. The van der Waals surface area contributed by atoms with E-state index < -0.39 is 5.41 Å². The van der Waals surface area contributed by atoms with Gasteiger partial charge in [0.1, 0.15) is 23.1 Å². The molecule has 0 fully saturated rings. The number of benzene rings is 3. The third-order valence-electron chi connectivity index (χ3n) is 4.89. The Morgan fingerprint density at radius 2 is 1.54 bits per heavy atom. The first kappa shape index (κ1) is 19.6. The zero-order valence-corrected chi connectivity index (χ0v) is 15.8. The van der Waals surface area contributed by atoms with Crippen molar-refractivity contribution in [1.82, 2.24) is 0 Å². The molecule has 142 valence electrons. The van der Waals surface area contributed by atoms with Crippen LogP contribution in [0, 0.1) is 24.0 Å². The van der Waals surface area contributed by atoms with Crippen molar-refractivity contribution in [3.63, 3.8) is 0 Å². The zero-order chi connectivity index (χ0) is 20.0. The van der Waals surface area contributed by atoms with Crippen LogP contribution in [0.25, 0.3) is 0 Å². The molecular weight excluding hydrogens is 354 g/mol. The molecule has 1 unspecified atom stereocenters. The van der Waals surface area contributed by atoms with Crippen LogP contribution in [0.4, 0.5) is 8.78 Å². The molecule has 0 aliphatic heterocycles. The Labute approximate surface area is 165 Å². The topological polar surface area (TPSA) is 9.23 Å². The third-order valence-corrected chi connectivity index (χ3v) is 4.89. The largest absolute Gasteiger partial charge is 0.457 e. The molecule has 0 heterocycles. The number of aryl methyl sites for hydroxylation is 1. The Hall–Kier alpha value is -3.12. The summed E-state index contributed by atoms with van der Waals surface area (Å²) in [4.78, 5) is 0. The van der Waals surface area contributed by atoms with Crippen molar-refractivity contribution < 1.29 is 13.5 Å². The molecule has 0 spiro atoms.